The predicted molar refractivity (Wildman–Crippen MR) is 93.9 cm³/mol. The number of hydrogen-bond acceptors (Lipinski definition) is 7. The Kier molecular flexibility index (Phi) is 5.37. The summed E-state index contributed by atoms with van der Waals surface area (Å²) in [6, 6.07) is 0.463. The summed E-state index contributed by atoms with van der Waals surface area (Å²) < 4.78 is 5.12. The number of nitrogen functional groups attached to an aromatic ring is 1. The molecule has 2 heterocycles. The van der Waals surface area contributed by atoms with E-state index in [9.17, 15) is 4.79 Å². The monoisotopic (exact) mass is 333 g/mol. The fraction of sp³-hybridized carbons (Fsp3) is 0.706. The summed E-state index contributed by atoms with van der Waals surface area (Å²) in [5.74, 6) is 1.41. The van der Waals surface area contributed by atoms with Gasteiger partial charge in [-0.25, -0.2) is 9.97 Å². The highest BCUT2D eigenvalue weighted by molar-refractivity contribution is 5.76. The van der Waals surface area contributed by atoms with Crippen LogP contribution in [0.2, 0.25) is 0 Å². The summed E-state index contributed by atoms with van der Waals surface area (Å²) in [6.07, 6.45) is 7.98. The molecule has 1 aliphatic carbocycles. The van der Waals surface area contributed by atoms with E-state index in [1.54, 1.807) is 6.33 Å². The van der Waals surface area contributed by atoms with E-state index in [0.29, 0.717) is 18.3 Å². The van der Waals surface area contributed by atoms with Gasteiger partial charge in [0.25, 0.3) is 0 Å². The molecule has 3 N–H and O–H groups in total. The first kappa shape index (κ1) is 16.8. The minimum absolute atomic E-state index is 0.0136. The molecule has 0 bridgehead atoms. The average molecular weight is 333 g/mol. The van der Waals surface area contributed by atoms with Gasteiger partial charge >= 0.3 is 5.97 Å². The highest BCUT2D eigenvalue weighted by Gasteiger charge is 2.28. The molecule has 0 radical (unpaired) electrons. The van der Waals surface area contributed by atoms with Crippen LogP contribution < -0.4 is 16.0 Å². The lowest BCUT2D eigenvalue weighted by Gasteiger charge is -2.32. The number of nitrogens with zero attached hydrogens (tertiary/aromatic N) is 3. The standard InChI is InChI=1S/C17H27N5O2/c1-2-24-17(23)12-7-9-22(10-8-12)16-14(18)15(19-11-20-16)21-13-5-3-4-6-13/h11-13H,2-10,18H2,1H3,(H,19,20,21). The molecule has 1 aromatic heterocycles. The van der Waals surface area contributed by atoms with E-state index in [4.69, 9.17) is 10.5 Å². The molecule has 0 amide bonds. The Morgan fingerprint density at radius 3 is 2.67 bits per heavy atom. The van der Waals surface area contributed by atoms with Gasteiger partial charge in [0.05, 0.1) is 12.5 Å². The van der Waals surface area contributed by atoms with Crippen LogP contribution in [0.5, 0.6) is 0 Å². The van der Waals surface area contributed by atoms with E-state index in [0.717, 1.165) is 37.6 Å². The van der Waals surface area contributed by atoms with E-state index in [2.05, 4.69) is 20.2 Å². The van der Waals surface area contributed by atoms with Crippen LogP contribution in [0.25, 0.3) is 0 Å². The number of aromatic nitrogens is 2. The molecule has 1 saturated heterocycles. The molecule has 1 saturated carbocycles. The number of anilines is 3. The van der Waals surface area contributed by atoms with Crippen molar-refractivity contribution in [1.29, 1.82) is 0 Å². The molecule has 2 fully saturated rings. The maximum atomic E-state index is 11.9. The van der Waals surface area contributed by atoms with Crippen molar-refractivity contribution < 1.29 is 9.53 Å². The molecular formula is C17H27N5O2. The summed E-state index contributed by atoms with van der Waals surface area (Å²) in [7, 11) is 0. The minimum Gasteiger partial charge on any atom is -0.466 e. The second-order valence-corrected chi connectivity index (χ2v) is 6.60. The molecule has 7 heteroatoms. The van der Waals surface area contributed by atoms with Gasteiger partial charge in [-0.05, 0) is 32.6 Å². The van der Waals surface area contributed by atoms with Crippen molar-refractivity contribution in [3.8, 4) is 0 Å². The Labute approximate surface area is 143 Å². The van der Waals surface area contributed by atoms with Crippen LogP contribution in [0.1, 0.15) is 45.4 Å². The highest BCUT2D eigenvalue weighted by atomic mass is 16.5. The molecule has 0 spiro atoms. The number of hydrogen-bond donors (Lipinski definition) is 2. The molecule has 0 atom stereocenters. The summed E-state index contributed by atoms with van der Waals surface area (Å²) in [6.45, 7) is 3.79. The molecule has 1 aliphatic heterocycles. The fourth-order valence-electron chi connectivity index (χ4n) is 3.60. The minimum atomic E-state index is -0.0867. The molecule has 24 heavy (non-hydrogen) atoms. The van der Waals surface area contributed by atoms with Gasteiger partial charge in [0, 0.05) is 19.1 Å². The van der Waals surface area contributed by atoms with E-state index >= 15 is 0 Å². The quantitative estimate of drug-likeness (QED) is 0.798. The Morgan fingerprint density at radius 1 is 1.29 bits per heavy atom. The molecule has 0 aromatic carbocycles. The number of piperidine rings is 1. The van der Waals surface area contributed by atoms with Crippen molar-refractivity contribution >= 4 is 23.3 Å². The summed E-state index contributed by atoms with van der Waals surface area (Å²) in [4.78, 5) is 22.7. The highest BCUT2D eigenvalue weighted by Crippen LogP contribution is 2.31. The lowest BCUT2D eigenvalue weighted by atomic mass is 9.97. The SMILES string of the molecule is CCOC(=O)C1CCN(c2ncnc(NC3CCCC3)c2N)CC1. The van der Waals surface area contributed by atoms with Crippen molar-refractivity contribution in [2.75, 3.05) is 35.6 Å². The second kappa shape index (κ2) is 7.68. The van der Waals surface area contributed by atoms with Crippen molar-refractivity contribution in [2.45, 2.75) is 51.5 Å². The average Bonchev–Trinajstić information content (AvgIpc) is 3.10. The van der Waals surface area contributed by atoms with Crippen LogP contribution in [0.4, 0.5) is 17.3 Å². The van der Waals surface area contributed by atoms with Gasteiger partial charge in [-0.2, -0.15) is 0 Å². The Balaban J connectivity index is 1.64. The first-order valence-corrected chi connectivity index (χ1v) is 8.97. The fourth-order valence-corrected chi connectivity index (χ4v) is 3.60. The number of ether oxygens (including phenoxy) is 1. The van der Waals surface area contributed by atoms with Crippen LogP contribution in [-0.4, -0.2) is 41.7 Å². The van der Waals surface area contributed by atoms with Gasteiger partial charge in [-0.15, -0.1) is 0 Å². The van der Waals surface area contributed by atoms with Crippen molar-refractivity contribution in [3.05, 3.63) is 6.33 Å². The molecule has 132 valence electrons. The van der Waals surface area contributed by atoms with Crippen LogP contribution in [-0.2, 0) is 9.53 Å². The third kappa shape index (κ3) is 3.71. The number of nitrogens with one attached hydrogen (secondary N) is 1. The topological polar surface area (TPSA) is 93.4 Å². The largest absolute Gasteiger partial charge is 0.466 e. The molecule has 7 nitrogen and oxygen atoms in total. The van der Waals surface area contributed by atoms with Crippen LogP contribution in [0, 0.1) is 5.92 Å². The Morgan fingerprint density at radius 2 is 2.00 bits per heavy atom. The molecule has 0 unspecified atom stereocenters. The number of esters is 1. The normalized spacial score (nSPS) is 19.5. The van der Waals surface area contributed by atoms with Crippen molar-refractivity contribution in [1.82, 2.24) is 9.97 Å². The summed E-state index contributed by atoms with van der Waals surface area (Å²) in [5, 5.41) is 3.46. The summed E-state index contributed by atoms with van der Waals surface area (Å²) >= 11 is 0. The van der Waals surface area contributed by atoms with Gasteiger partial charge in [0.15, 0.2) is 11.6 Å². The van der Waals surface area contributed by atoms with Crippen LogP contribution in [0.15, 0.2) is 6.33 Å². The third-order valence-electron chi connectivity index (χ3n) is 4.97. The van der Waals surface area contributed by atoms with E-state index in [-0.39, 0.29) is 11.9 Å². The molecule has 3 rings (SSSR count). The first-order valence-electron chi connectivity index (χ1n) is 8.97. The van der Waals surface area contributed by atoms with E-state index < -0.39 is 0 Å². The van der Waals surface area contributed by atoms with Gasteiger partial charge < -0.3 is 20.7 Å². The lowest BCUT2D eigenvalue weighted by Crippen LogP contribution is -2.38. The number of nitrogens with two attached hydrogens (primary N) is 1. The molecular weight excluding hydrogens is 306 g/mol. The smallest absolute Gasteiger partial charge is 0.309 e. The van der Waals surface area contributed by atoms with E-state index in [1.165, 1.54) is 25.7 Å². The van der Waals surface area contributed by atoms with Crippen molar-refractivity contribution in [3.63, 3.8) is 0 Å². The van der Waals surface area contributed by atoms with Gasteiger partial charge in [-0.1, -0.05) is 12.8 Å². The van der Waals surface area contributed by atoms with Crippen LogP contribution in [0.3, 0.4) is 0 Å². The van der Waals surface area contributed by atoms with Crippen LogP contribution >= 0.6 is 0 Å². The Bertz CT molecular complexity index is 566. The maximum Gasteiger partial charge on any atom is 0.309 e. The van der Waals surface area contributed by atoms with Gasteiger partial charge in [0.2, 0.25) is 0 Å². The number of carbonyl (C=O) groups is 1. The predicted octanol–water partition coefficient (Wildman–Crippen LogP) is 2.19. The Hall–Kier alpha value is -2.05. The third-order valence-corrected chi connectivity index (χ3v) is 4.97. The zero-order valence-electron chi connectivity index (χ0n) is 14.3. The molecule has 1 aromatic rings. The lowest BCUT2D eigenvalue weighted by molar-refractivity contribution is -0.148. The second-order valence-electron chi connectivity index (χ2n) is 6.60. The van der Waals surface area contributed by atoms with E-state index in [1.807, 2.05) is 6.92 Å². The van der Waals surface area contributed by atoms with Crippen molar-refractivity contribution in [2.24, 2.45) is 5.92 Å². The number of carbonyl (C=O) groups excluding carboxylic acids is 1. The maximum absolute atomic E-state index is 11.9. The zero-order chi connectivity index (χ0) is 16.9. The van der Waals surface area contributed by atoms with Gasteiger partial charge in [0.1, 0.15) is 12.0 Å². The van der Waals surface area contributed by atoms with Gasteiger partial charge in [-0.3, -0.25) is 4.79 Å². The number of rotatable bonds is 5. The first-order chi connectivity index (χ1) is 11.7. The zero-order valence-corrected chi connectivity index (χ0v) is 14.3. The molecule has 2 aliphatic rings. The summed E-state index contributed by atoms with van der Waals surface area (Å²) in [5.41, 5.74) is 6.92.